The monoisotopic (exact) mass is 411 g/mol. The van der Waals surface area contributed by atoms with Crippen molar-refractivity contribution in [1.29, 1.82) is 5.26 Å². The van der Waals surface area contributed by atoms with Gasteiger partial charge in [0.1, 0.15) is 17.5 Å². The second-order valence-electron chi connectivity index (χ2n) is 6.33. The van der Waals surface area contributed by atoms with Crippen molar-refractivity contribution in [2.75, 3.05) is 5.73 Å². The minimum Gasteiger partial charge on any atom is -0.383 e. The molecule has 0 radical (unpaired) electrons. The fraction of sp³-hybridized carbons (Fsp3) is 0.200. The van der Waals surface area contributed by atoms with Crippen molar-refractivity contribution < 1.29 is 0 Å². The molecule has 0 fully saturated rings. The average molecular weight is 412 g/mol. The van der Waals surface area contributed by atoms with Crippen LogP contribution >= 0.6 is 27.3 Å². The van der Waals surface area contributed by atoms with Gasteiger partial charge in [0.2, 0.25) is 0 Å². The molecule has 126 valence electrons. The van der Waals surface area contributed by atoms with E-state index in [0.29, 0.717) is 11.5 Å². The summed E-state index contributed by atoms with van der Waals surface area (Å²) in [7, 11) is 0. The minimum atomic E-state index is 0.269. The molecule has 2 heterocycles. The molecule has 0 aliphatic carbocycles. The summed E-state index contributed by atoms with van der Waals surface area (Å²) in [5, 5.41) is 9.47. The van der Waals surface area contributed by atoms with Gasteiger partial charge in [0, 0.05) is 16.0 Å². The fourth-order valence-electron chi connectivity index (χ4n) is 2.77. The highest BCUT2D eigenvalue weighted by Gasteiger charge is 2.15. The number of benzene rings is 1. The number of halogens is 1. The van der Waals surface area contributed by atoms with Crippen molar-refractivity contribution in [1.82, 2.24) is 4.98 Å². The van der Waals surface area contributed by atoms with E-state index in [9.17, 15) is 5.26 Å². The highest BCUT2D eigenvalue weighted by atomic mass is 79.9. The molecular formula is C20H18BrN3S. The Kier molecular flexibility index (Phi) is 5.22. The number of nitriles is 1. The fourth-order valence-corrected chi connectivity index (χ4v) is 4.18. The maximum atomic E-state index is 9.47. The van der Waals surface area contributed by atoms with E-state index in [1.807, 2.05) is 18.2 Å². The Bertz CT molecular complexity index is 937. The number of anilines is 1. The molecule has 0 saturated carbocycles. The largest absolute Gasteiger partial charge is 0.383 e. The van der Waals surface area contributed by atoms with E-state index in [-0.39, 0.29) is 5.82 Å². The van der Waals surface area contributed by atoms with E-state index in [2.05, 4.69) is 65.1 Å². The Labute approximate surface area is 160 Å². The first-order valence-corrected chi connectivity index (χ1v) is 9.64. The van der Waals surface area contributed by atoms with E-state index in [1.165, 1.54) is 5.56 Å². The van der Waals surface area contributed by atoms with Crippen molar-refractivity contribution in [3.63, 3.8) is 0 Å². The third-order valence-corrected chi connectivity index (χ3v) is 5.55. The number of rotatable bonds is 4. The molecular weight excluding hydrogens is 394 g/mol. The van der Waals surface area contributed by atoms with Gasteiger partial charge in [0.25, 0.3) is 0 Å². The molecule has 0 spiro atoms. The standard InChI is InChI=1S/C20H18BrN3S/c1-12(2)9-13-3-5-14(6-4-13)17-10-15(16(11-22)20(23)24-17)18-7-8-19(21)25-18/h3-8,10,12H,9H2,1-2H3,(H2,23,24). The van der Waals surface area contributed by atoms with Gasteiger partial charge in [-0.05, 0) is 52.0 Å². The molecule has 0 unspecified atom stereocenters. The lowest BCUT2D eigenvalue weighted by Gasteiger charge is -2.10. The Balaban J connectivity index is 2.06. The maximum absolute atomic E-state index is 9.47. The molecule has 0 amide bonds. The van der Waals surface area contributed by atoms with E-state index >= 15 is 0 Å². The van der Waals surface area contributed by atoms with Crippen LogP contribution in [0.5, 0.6) is 0 Å². The van der Waals surface area contributed by atoms with Gasteiger partial charge >= 0.3 is 0 Å². The van der Waals surface area contributed by atoms with E-state index in [1.54, 1.807) is 11.3 Å². The van der Waals surface area contributed by atoms with Crippen LogP contribution in [0.15, 0.2) is 46.3 Å². The van der Waals surface area contributed by atoms with E-state index < -0.39 is 0 Å². The molecule has 5 heteroatoms. The lowest BCUT2D eigenvalue weighted by Crippen LogP contribution is -1.99. The van der Waals surface area contributed by atoms with Gasteiger partial charge in [0.05, 0.1) is 9.48 Å². The predicted molar refractivity (Wildman–Crippen MR) is 108 cm³/mol. The number of nitrogens with two attached hydrogens (primary N) is 1. The summed E-state index contributed by atoms with van der Waals surface area (Å²) in [6.45, 7) is 4.42. The van der Waals surface area contributed by atoms with Crippen LogP contribution in [0.2, 0.25) is 0 Å². The van der Waals surface area contributed by atoms with Crippen LogP contribution in [0, 0.1) is 17.2 Å². The summed E-state index contributed by atoms with van der Waals surface area (Å²) in [5.41, 5.74) is 10.4. The van der Waals surface area contributed by atoms with E-state index in [4.69, 9.17) is 5.73 Å². The van der Waals surface area contributed by atoms with Crippen LogP contribution in [-0.4, -0.2) is 4.98 Å². The van der Waals surface area contributed by atoms with Gasteiger partial charge in [-0.25, -0.2) is 4.98 Å². The van der Waals surface area contributed by atoms with Gasteiger partial charge in [-0.15, -0.1) is 11.3 Å². The lowest BCUT2D eigenvalue weighted by atomic mass is 9.99. The van der Waals surface area contributed by atoms with Crippen LogP contribution < -0.4 is 5.73 Å². The van der Waals surface area contributed by atoms with Gasteiger partial charge in [0.15, 0.2) is 0 Å². The molecule has 0 saturated heterocycles. The quantitative estimate of drug-likeness (QED) is 0.581. The van der Waals surface area contributed by atoms with Crippen LogP contribution in [0.25, 0.3) is 21.7 Å². The summed E-state index contributed by atoms with van der Waals surface area (Å²) in [4.78, 5) is 5.44. The van der Waals surface area contributed by atoms with Crippen LogP contribution in [0.3, 0.4) is 0 Å². The first-order chi connectivity index (χ1) is 12.0. The SMILES string of the molecule is CC(C)Cc1ccc(-c2cc(-c3ccc(Br)s3)c(C#N)c(N)n2)cc1. The molecule has 2 aromatic heterocycles. The van der Waals surface area contributed by atoms with Gasteiger partial charge in [-0.1, -0.05) is 38.1 Å². The number of hydrogen-bond acceptors (Lipinski definition) is 4. The predicted octanol–water partition coefficient (Wildman–Crippen LogP) is 5.89. The normalized spacial score (nSPS) is 10.8. The smallest absolute Gasteiger partial charge is 0.142 e. The molecule has 3 nitrogen and oxygen atoms in total. The number of thiophene rings is 1. The van der Waals surface area contributed by atoms with Crippen molar-refractivity contribution in [2.45, 2.75) is 20.3 Å². The second kappa shape index (κ2) is 7.38. The number of nitrogens with zero attached hydrogens (tertiary/aromatic N) is 2. The van der Waals surface area contributed by atoms with E-state index in [0.717, 1.165) is 31.9 Å². The first-order valence-electron chi connectivity index (χ1n) is 8.03. The minimum absolute atomic E-state index is 0.269. The van der Waals surface area contributed by atoms with Crippen molar-refractivity contribution in [3.05, 3.63) is 57.4 Å². The van der Waals surface area contributed by atoms with Gasteiger partial charge in [-0.3, -0.25) is 0 Å². The Morgan fingerprint density at radius 1 is 1.20 bits per heavy atom. The molecule has 25 heavy (non-hydrogen) atoms. The molecule has 0 aliphatic heterocycles. The second-order valence-corrected chi connectivity index (χ2v) is 8.79. The average Bonchev–Trinajstić information content (AvgIpc) is 3.00. The number of pyridine rings is 1. The van der Waals surface area contributed by atoms with Crippen molar-refractivity contribution in [3.8, 4) is 27.8 Å². The van der Waals surface area contributed by atoms with Crippen molar-refractivity contribution in [2.24, 2.45) is 5.92 Å². The van der Waals surface area contributed by atoms with Crippen LogP contribution in [-0.2, 0) is 6.42 Å². The number of aromatic nitrogens is 1. The molecule has 0 bridgehead atoms. The zero-order valence-corrected chi connectivity index (χ0v) is 16.5. The molecule has 3 aromatic rings. The Morgan fingerprint density at radius 3 is 2.48 bits per heavy atom. The zero-order valence-electron chi connectivity index (χ0n) is 14.1. The highest BCUT2D eigenvalue weighted by molar-refractivity contribution is 9.11. The molecule has 1 aromatic carbocycles. The summed E-state index contributed by atoms with van der Waals surface area (Å²) in [5.74, 6) is 0.893. The summed E-state index contributed by atoms with van der Waals surface area (Å²) < 4.78 is 1.02. The third-order valence-electron chi connectivity index (χ3n) is 3.89. The summed E-state index contributed by atoms with van der Waals surface area (Å²) in [6.07, 6.45) is 1.05. The summed E-state index contributed by atoms with van der Waals surface area (Å²) >= 11 is 5.05. The Hall–Kier alpha value is -2.16. The van der Waals surface area contributed by atoms with Crippen LogP contribution in [0.1, 0.15) is 25.0 Å². The first kappa shape index (κ1) is 17.7. The highest BCUT2D eigenvalue weighted by Crippen LogP contribution is 2.36. The topological polar surface area (TPSA) is 62.7 Å². The maximum Gasteiger partial charge on any atom is 0.142 e. The van der Waals surface area contributed by atoms with Crippen molar-refractivity contribution >= 4 is 33.1 Å². The lowest BCUT2D eigenvalue weighted by molar-refractivity contribution is 0.647. The zero-order chi connectivity index (χ0) is 18.0. The molecule has 3 rings (SSSR count). The molecule has 0 aliphatic rings. The number of nitrogen functional groups attached to an aromatic ring is 1. The van der Waals surface area contributed by atoms with Gasteiger partial charge < -0.3 is 5.73 Å². The Morgan fingerprint density at radius 2 is 1.92 bits per heavy atom. The molecule has 0 atom stereocenters. The summed E-state index contributed by atoms with van der Waals surface area (Å²) in [6, 6.07) is 16.5. The third kappa shape index (κ3) is 3.92. The van der Waals surface area contributed by atoms with Crippen LogP contribution in [0.4, 0.5) is 5.82 Å². The number of hydrogen-bond donors (Lipinski definition) is 1. The van der Waals surface area contributed by atoms with Gasteiger partial charge in [-0.2, -0.15) is 5.26 Å². The molecule has 2 N–H and O–H groups in total.